The van der Waals surface area contributed by atoms with Crippen molar-refractivity contribution < 1.29 is 14.3 Å². The normalized spacial score (nSPS) is 11.7. The van der Waals surface area contributed by atoms with Gasteiger partial charge in [-0.3, -0.25) is 9.59 Å². The molecule has 0 heterocycles. The molecule has 0 aliphatic heterocycles. The van der Waals surface area contributed by atoms with E-state index < -0.39 is 0 Å². The molecule has 22 heavy (non-hydrogen) atoms. The molecule has 2 rings (SSSR count). The van der Waals surface area contributed by atoms with Crippen molar-refractivity contribution in [2.75, 3.05) is 6.61 Å². The smallest absolute Gasteiger partial charge is 0.313 e. The summed E-state index contributed by atoms with van der Waals surface area (Å²) in [6.45, 7) is 1.68. The van der Waals surface area contributed by atoms with Gasteiger partial charge in [-0.15, -0.1) is 0 Å². The van der Waals surface area contributed by atoms with Gasteiger partial charge in [-0.2, -0.15) is 0 Å². The zero-order chi connectivity index (χ0) is 15.9. The summed E-state index contributed by atoms with van der Waals surface area (Å²) in [6.07, 6.45) is 0.631. The Balaban J connectivity index is 2.00. The SMILES string of the molecule is CC[C@H](C(=O)OCC(=O)c1ccccc1Br)c1ccccc1. The zero-order valence-corrected chi connectivity index (χ0v) is 13.9. The molecule has 1 atom stereocenters. The molecule has 0 saturated heterocycles. The fourth-order valence-electron chi connectivity index (χ4n) is 2.23. The Labute approximate surface area is 138 Å². The lowest BCUT2D eigenvalue weighted by atomic mass is 9.97. The number of ketones is 1. The van der Waals surface area contributed by atoms with Gasteiger partial charge in [-0.05, 0) is 18.1 Å². The highest BCUT2D eigenvalue weighted by Crippen LogP contribution is 2.21. The van der Waals surface area contributed by atoms with Crippen LogP contribution in [0.4, 0.5) is 0 Å². The molecule has 0 saturated carbocycles. The summed E-state index contributed by atoms with van der Waals surface area (Å²) in [5.74, 6) is -0.925. The second kappa shape index (κ2) is 7.90. The molecular formula is C18H17BrO3. The summed E-state index contributed by atoms with van der Waals surface area (Å²) in [6, 6.07) is 16.6. The van der Waals surface area contributed by atoms with Gasteiger partial charge in [-0.25, -0.2) is 0 Å². The van der Waals surface area contributed by atoms with E-state index in [0.717, 1.165) is 5.56 Å². The number of esters is 1. The molecule has 0 radical (unpaired) electrons. The van der Waals surface area contributed by atoms with Crippen LogP contribution in [-0.2, 0) is 9.53 Å². The highest BCUT2D eigenvalue weighted by molar-refractivity contribution is 9.10. The van der Waals surface area contributed by atoms with Gasteiger partial charge < -0.3 is 4.74 Å². The number of benzene rings is 2. The fourth-order valence-corrected chi connectivity index (χ4v) is 2.73. The predicted octanol–water partition coefficient (Wildman–Crippen LogP) is 4.37. The second-order valence-electron chi connectivity index (χ2n) is 4.88. The van der Waals surface area contributed by atoms with E-state index >= 15 is 0 Å². The minimum Gasteiger partial charge on any atom is -0.457 e. The Morgan fingerprint density at radius 1 is 1.05 bits per heavy atom. The van der Waals surface area contributed by atoms with Gasteiger partial charge in [0.15, 0.2) is 6.61 Å². The van der Waals surface area contributed by atoms with Gasteiger partial charge >= 0.3 is 5.97 Å². The van der Waals surface area contributed by atoms with Crippen LogP contribution in [0.5, 0.6) is 0 Å². The Morgan fingerprint density at radius 3 is 2.32 bits per heavy atom. The third-order valence-corrected chi connectivity index (χ3v) is 4.11. The first-order valence-electron chi connectivity index (χ1n) is 7.12. The van der Waals surface area contributed by atoms with Gasteiger partial charge in [-0.1, -0.05) is 71.4 Å². The standard InChI is InChI=1S/C18H17BrO3/c1-2-14(13-8-4-3-5-9-13)18(21)22-12-17(20)15-10-6-7-11-16(15)19/h3-11,14H,2,12H2,1H3/t14-/m0/s1. The molecule has 2 aromatic rings. The molecule has 0 fully saturated rings. The molecule has 4 heteroatoms. The highest BCUT2D eigenvalue weighted by atomic mass is 79.9. The maximum atomic E-state index is 12.2. The number of hydrogen-bond acceptors (Lipinski definition) is 3. The molecule has 0 aliphatic rings. The van der Waals surface area contributed by atoms with Crippen LogP contribution in [0.3, 0.4) is 0 Å². The Morgan fingerprint density at radius 2 is 1.68 bits per heavy atom. The van der Waals surface area contributed by atoms with Gasteiger partial charge in [0.25, 0.3) is 0 Å². The molecule has 114 valence electrons. The fraction of sp³-hybridized carbons (Fsp3) is 0.222. The molecule has 0 amide bonds. The Hall–Kier alpha value is -1.94. The molecule has 0 unspecified atom stereocenters. The number of carbonyl (C=O) groups is 2. The quantitative estimate of drug-likeness (QED) is 0.567. The second-order valence-corrected chi connectivity index (χ2v) is 5.74. The van der Waals surface area contributed by atoms with Crippen LogP contribution in [0.1, 0.15) is 35.2 Å². The van der Waals surface area contributed by atoms with E-state index in [9.17, 15) is 9.59 Å². The highest BCUT2D eigenvalue weighted by Gasteiger charge is 2.21. The summed E-state index contributed by atoms with van der Waals surface area (Å²) in [5.41, 5.74) is 1.42. The Kier molecular flexibility index (Phi) is 5.90. The Bertz CT molecular complexity index is 652. The number of rotatable bonds is 6. The average Bonchev–Trinajstić information content (AvgIpc) is 2.55. The van der Waals surface area contributed by atoms with E-state index in [4.69, 9.17) is 4.74 Å². The van der Waals surface area contributed by atoms with E-state index in [1.54, 1.807) is 18.2 Å². The molecule has 0 aromatic heterocycles. The van der Waals surface area contributed by atoms with Crippen molar-refractivity contribution in [2.24, 2.45) is 0 Å². The van der Waals surface area contributed by atoms with Crippen molar-refractivity contribution in [3.05, 3.63) is 70.2 Å². The van der Waals surface area contributed by atoms with Crippen molar-refractivity contribution >= 4 is 27.7 Å². The first-order valence-corrected chi connectivity index (χ1v) is 7.92. The van der Waals surface area contributed by atoms with Crippen LogP contribution in [0, 0.1) is 0 Å². The summed E-state index contributed by atoms with van der Waals surface area (Å²) < 4.78 is 5.91. The van der Waals surface area contributed by atoms with Gasteiger partial charge in [0.2, 0.25) is 5.78 Å². The van der Waals surface area contributed by atoms with Crippen molar-refractivity contribution in [3.63, 3.8) is 0 Å². The third-order valence-electron chi connectivity index (χ3n) is 3.41. The van der Waals surface area contributed by atoms with Crippen LogP contribution in [0.25, 0.3) is 0 Å². The minimum atomic E-state index is -0.367. The summed E-state index contributed by atoms with van der Waals surface area (Å²) in [4.78, 5) is 24.3. The molecule has 3 nitrogen and oxygen atoms in total. The lowest BCUT2D eigenvalue weighted by Gasteiger charge is -2.14. The van der Waals surface area contributed by atoms with Crippen LogP contribution >= 0.6 is 15.9 Å². The van der Waals surface area contributed by atoms with Gasteiger partial charge in [0.05, 0.1) is 5.92 Å². The maximum absolute atomic E-state index is 12.2. The van der Waals surface area contributed by atoms with Crippen molar-refractivity contribution in [1.82, 2.24) is 0 Å². The number of hydrogen-bond donors (Lipinski definition) is 0. The van der Waals surface area contributed by atoms with Crippen LogP contribution in [0.2, 0.25) is 0 Å². The monoisotopic (exact) mass is 360 g/mol. The van der Waals surface area contributed by atoms with Crippen LogP contribution in [-0.4, -0.2) is 18.4 Å². The number of ether oxygens (including phenoxy) is 1. The van der Waals surface area contributed by atoms with Gasteiger partial charge in [0.1, 0.15) is 0 Å². The largest absolute Gasteiger partial charge is 0.457 e. The predicted molar refractivity (Wildman–Crippen MR) is 88.9 cm³/mol. The van der Waals surface area contributed by atoms with Crippen molar-refractivity contribution in [3.8, 4) is 0 Å². The van der Waals surface area contributed by atoms with Crippen LogP contribution < -0.4 is 0 Å². The molecule has 2 aromatic carbocycles. The lowest BCUT2D eigenvalue weighted by Crippen LogP contribution is -2.20. The zero-order valence-electron chi connectivity index (χ0n) is 12.3. The van der Waals surface area contributed by atoms with Crippen molar-refractivity contribution in [2.45, 2.75) is 19.3 Å². The number of Topliss-reactive ketones (excluding diaryl/α,β-unsaturated/α-hetero) is 1. The molecule has 0 bridgehead atoms. The summed E-state index contributed by atoms with van der Waals surface area (Å²) in [7, 11) is 0. The number of halogens is 1. The lowest BCUT2D eigenvalue weighted by molar-refractivity contribution is -0.144. The maximum Gasteiger partial charge on any atom is 0.313 e. The van der Waals surface area contributed by atoms with Crippen molar-refractivity contribution in [1.29, 1.82) is 0 Å². The molecule has 0 spiro atoms. The number of carbonyl (C=O) groups excluding carboxylic acids is 2. The van der Waals surface area contributed by atoms with Gasteiger partial charge in [0, 0.05) is 10.0 Å². The van der Waals surface area contributed by atoms with E-state index in [-0.39, 0.29) is 24.3 Å². The minimum absolute atomic E-state index is 0.219. The van der Waals surface area contributed by atoms with E-state index in [2.05, 4.69) is 15.9 Å². The first kappa shape index (κ1) is 16.4. The topological polar surface area (TPSA) is 43.4 Å². The van der Waals surface area contributed by atoms with E-state index in [1.165, 1.54) is 0 Å². The molecular weight excluding hydrogens is 344 g/mol. The summed E-state index contributed by atoms with van der Waals surface area (Å²) in [5, 5.41) is 0. The van der Waals surface area contributed by atoms with E-state index in [0.29, 0.717) is 16.5 Å². The molecule has 0 N–H and O–H groups in total. The molecule has 0 aliphatic carbocycles. The van der Waals surface area contributed by atoms with E-state index in [1.807, 2.05) is 43.3 Å². The third kappa shape index (κ3) is 4.04. The van der Waals surface area contributed by atoms with Crippen LogP contribution in [0.15, 0.2) is 59.1 Å². The average molecular weight is 361 g/mol. The first-order chi connectivity index (χ1) is 10.6. The summed E-state index contributed by atoms with van der Waals surface area (Å²) >= 11 is 3.32.